The summed E-state index contributed by atoms with van der Waals surface area (Å²) in [6, 6.07) is 0. The van der Waals surface area contributed by atoms with E-state index in [-0.39, 0.29) is 78.5 Å². The molecule has 18 heteroatoms. The molecule has 0 aromatic rings. The minimum atomic E-state index is -1.13. The lowest BCUT2D eigenvalue weighted by Crippen LogP contribution is -2.41. The third-order valence-corrected chi connectivity index (χ3v) is 5.79. The molecule has 4 amide bonds. The van der Waals surface area contributed by atoms with E-state index in [1.165, 1.54) is 12.5 Å². The molecule has 0 bridgehead atoms. The zero-order valence-electron chi connectivity index (χ0n) is 24.4. The Balaban J connectivity index is 1.73. The predicted molar refractivity (Wildman–Crippen MR) is 142 cm³/mol. The summed E-state index contributed by atoms with van der Waals surface area (Å²) in [5, 5.41) is 0.642. The molecule has 0 atom stereocenters. The highest BCUT2D eigenvalue weighted by Crippen LogP contribution is 2.21. The molecule has 45 heavy (non-hydrogen) atoms. The van der Waals surface area contributed by atoms with Crippen molar-refractivity contribution in [1.29, 1.82) is 0 Å². The number of carbonyl (C=O) groups excluding carboxylic acids is 8. The van der Waals surface area contributed by atoms with Crippen LogP contribution in [0.25, 0.3) is 0 Å². The van der Waals surface area contributed by atoms with Crippen LogP contribution in [0.4, 0.5) is 0 Å². The van der Waals surface area contributed by atoms with Gasteiger partial charge in [0.2, 0.25) is 0 Å². The van der Waals surface area contributed by atoms with Crippen LogP contribution in [0.2, 0.25) is 0 Å². The maximum Gasteiger partial charge on any atom is 0.344 e. The second-order valence-corrected chi connectivity index (χ2v) is 9.45. The Morgan fingerprint density at radius 3 is 1.27 bits per heavy atom. The molecule has 248 valence electrons. The number of rotatable bonds is 22. The van der Waals surface area contributed by atoms with E-state index in [1.54, 1.807) is 0 Å². The summed E-state index contributed by atoms with van der Waals surface area (Å²) in [6.07, 6.45) is 0.366. The molecule has 0 spiro atoms. The Hall–Kier alpha value is -4.84. The summed E-state index contributed by atoms with van der Waals surface area (Å²) in [7, 11) is 0. The van der Waals surface area contributed by atoms with Crippen LogP contribution < -0.4 is 0 Å². The molecule has 0 aliphatic carbocycles. The minimum Gasteiger partial charge on any atom is -0.501 e. The third-order valence-electron chi connectivity index (χ3n) is 5.79. The van der Waals surface area contributed by atoms with Crippen molar-refractivity contribution in [3.8, 4) is 0 Å². The minimum absolute atomic E-state index is 0.00345. The molecule has 2 heterocycles. The summed E-state index contributed by atoms with van der Waals surface area (Å²) >= 11 is 0. The van der Waals surface area contributed by atoms with Gasteiger partial charge in [0.05, 0.1) is 44.4 Å². The van der Waals surface area contributed by atoms with Gasteiger partial charge < -0.3 is 38.1 Å². The van der Waals surface area contributed by atoms with Crippen LogP contribution in [0.1, 0.15) is 38.5 Å². The molecule has 2 aliphatic rings. The fraction of sp³-hybridized carbons (Fsp3) is 0.556. The van der Waals surface area contributed by atoms with Gasteiger partial charge in [-0.2, -0.15) is 0 Å². The zero-order valence-corrected chi connectivity index (χ0v) is 24.4. The van der Waals surface area contributed by atoms with Crippen LogP contribution in [0, 0.1) is 5.41 Å². The SMILES string of the molecule is C=COCC(COC=C)(COCCOC(=O)CC(=O)ON1C(=O)CCC1=O)COCCOC(=O)CC(=O)ON1C(=O)CCC1=O. The Morgan fingerprint density at radius 1 is 0.578 bits per heavy atom. The van der Waals surface area contributed by atoms with Gasteiger partial charge in [-0.05, 0) is 0 Å². The molecule has 2 fully saturated rings. The van der Waals surface area contributed by atoms with Crippen LogP contribution in [-0.4, -0.2) is 110 Å². The first-order chi connectivity index (χ1) is 21.5. The first-order valence-corrected chi connectivity index (χ1v) is 13.5. The van der Waals surface area contributed by atoms with E-state index in [0.717, 1.165) is 0 Å². The monoisotopic (exact) mass is 642 g/mol. The van der Waals surface area contributed by atoms with Gasteiger partial charge in [0.1, 0.15) is 39.3 Å². The Morgan fingerprint density at radius 2 is 0.933 bits per heavy atom. The van der Waals surface area contributed by atoms with Crippen molar-refractivity contribution in [3.05, 3.63) is 25.7 Å². The van der Waals surface area contributed by atoms with Crippen LogP contribution >= 0.6 is 0 Å². The summed E-state index contributed by atoms with van der Waals surface area (Å²) in [5.74, 6) is -6.94. The quantitative estimate of drug-likeness (QED) is 0.0474. The number of nitrogens with zero attached hydrogens (tertiary/aromatic N) is 2. The standard InChI is InChI=1S/C27H34N2O16/c1-3-38-15-27(16-39-4-2,17-40-9-11-42-23(34)13-25(36)44-28-19(30)5-6-20(28)31)18-41-10-12-43-24(35)14-26(37)45-29-21(32)7-8-22(29)33/h3-4H,1-2,5-18H2. The Labute approximate surface area is 256 Å². The van der Waals surface area contributed by atoms with Gasteiger partial charge in [-0.15, -0.1) is 10.1 Å². The van der Waals surface area contributed by atoms with E-state index >= 15 is 0 Å². The molecule has 2 saturated heterocycles. The van der Waals surface area contributed by atoms with Gasteiger partial charge in [-0.3, -0.25) is 28.8 Å². The third kappa shape index (κ3) is 12.7. The topological polar surface area (TPSA) is 217 Å². The van der Waals surface area contributed by atoms with Gasteiger partial charge in [0, 0.05) is 25.7 Å². The number of amides is 4. The van der Waals surface area contributed by atoms with Crippen molar-refractivity contribution in [1.82, 2.24) is 10.1 Å². The molecular formula is C27H34N2O16. The lowest BCUT2D eigenvalue weighted by atomic mass is 9.92. The van der Waals surface area contributed by atoms with Gasteiger partial charge in [-0.1, -0.05) is 13.2 Å². The first-order valence-electron chi connectivity index (χ1n) is 13.5. The van der Waals surface area contributed by atoms with Gasteiger partial charge >= 0.3 is 23.9 Å². The molecule has 0 N–H and O–H groups in total. The largest absolute Gasteiger partial charge is 0.501 e. The number of ether oxygens (including phenoxy) is 6. The van der Waals surface area contributed by atoms with Crippen molar-refractivity contribution in [2.24, 2.45) is 5.41 Å². The average Bonchev–Trinajstić information content (AvgIpc) is 3.48. The second kappa shape index (κ2) is 18.7. The van der Waals surface area contributed by atoms with E-state index in [2.05, 4.69) is 22.8 Å². The smallest absolute Gasteiger partial charge is 0.344 e. The number of carbonyl (C=O) groups is 8. The second-order valence-electron chi connectivity index (χ2n) is 9.45. The molecule has 0 aromatic carbocycles. The number of imide groups is 2. The van der Waals surface area contributed by atoms with E-state index in [4.69, 9.17) is 28.4 Å². The molecule has 2 aliphatic heterocycles. The van der Waals surface area contributed by atoms with Crippen molar-refractivity contribution < 1.29 is 76.5 Å². The highest BCUT2D eigenvalue weighted by molar-refractivity contribution is 6.03. The lowest BCUT2D eigenvalue weighted by molar-refractivity contribution is -0.198. The molecule has 18 nitrogen and oxygen atoms in total. The number of hydroxylamine groups is 4. The molecule has 0 unspecified atom stereocenters. The summed E-state index contributed by atoms with van der Waals surface area (Å²) in [4.78, 5) is 103. The first kappa shape index (κ1) is 36.4. The molecule has 0 aromatic heterocycles. The van der Waals surface area contributed by atoms with Crippen molar-refractivity contribution in [2.75, 3.05) is 52.9 Å². The van der Waals surface area contributed by atoms with Crippen LogP contribution in [0.5, 0.6) is 0 Å². The van der Waals surface area contributed by atoms with Crippen LogP contribution in [0.15, 0.2) is 25.7 Å². The zero-order chi connectivity index (χ0) is 33.2. The number of esters is 2. The molecule has 0 radical (unpaired) electrons. The normalized spacial score (nSPS) is 14.7. The van der Waals surface area contributed by atoms with Crippen molar-refractivity contribution >= 4 is 47.5 Å². The van der Waals surface area contributed by atoms with Crippen LogP contribution in [-0.2, 0) is 76.5 Å². The highest BCUT2D eigenvalue weighted by Gasteiger charge is 2.35. The number of hydrogen-bond acceptors (Lipinski definition) is 16. The fourth-order valence-corrected chi connectivity index (χ4v) is 3.65. The van der Waals surface area contributed by atoms with Crippen molar-refractivity contribution in [2.45, 2.75) is 38.5 Å². The highest BCUT2D eigenvalue weighted by atomic mass is 16.7. The Bertz CT molecular complexity index is 1030. The summed E-state index contributed by atoms with van der Waals surface area (Å²) in [6.45, 7) is 6.16. The fourth-order valence-electron chi connectivity index (χ4n) is 3.65. The van der Waals surface area contributed by atoms with Gasteiger partial charge in [0.15, 0.2) is 0 Å². The predicted octanol–water partition coefficient (Wildman–Crippen LogP) is -0.593. The van der Waals surface area contributed by atoms with E-state index in [0.29, 0.717) is 10.1 Å². The van der Waals surface area contributed by atoms with Crippen LogP contribution in [0.3, 0.4) is 0 Å². The Kier molecular flexibility index (Phi) is 15.1. The van der Waals surface area contributed by atoms with E-state index < -0.39 is 65.8 Å². The summed E-state index contributed by atoms with van der Waals surface area (Å²) < 4.78 is 31.7. The van der Waals surface area contributed by atoms with Crippen molar-refractivity contribution in [3.63, 3.8) is 0 Å². The lowest BCUT2D eigenvalue weighted by Gasteiger charge is -2.31. The molecule has 0 saturated carbocycles. The molecular weight excluding hydrogens is 608 g/mol. The van der Waals surface area contributed by atoms with E-state index in [1.807, 2.05) is 0 Å². The number of hydrogen-bond donors (Lipinski definition) is 0. The maximum absolute atomic E-state index is 11.9. The van der Waals surface area contributed by atoms with Gasteiger partial charge in [0.25, 0.3) is 23.6 Å². The maximum atomic E-state index is 11.9. The molecule has 2 rings (SSSR count). The summed E-state index contributed by atoms with van der Waals surface area (Å²) in [5.41, 5.74) is -0.951. The average molecular weight is 643 g/mol. The van der Waals surface area contributed by atoms with Gasteiger partial charge in [-0.25, -0.2) is 9.59 Å². The van der Waals surface area contributed by atoms with E-state index in [9.17, 15) is 38.4 Å².